The standard InChI is InChI=1S/C26H22ClF3N2O3/c1-3-7-17-14-24(26(28,29)30)31-16-20(17)19-15-18(11-12-21(19)27)32(2)22-8-4-5-9-23(22)35-13-6-10-25(33)34/h4-5,8-9,11-12,14-16H,6,10,13H2,1-2H3,(H,33,34). The molecule has 0 radical (unpaired) electrons. The van der Waals surface area contributed by atoms with Crippen LogP contribution in [-0.2, 0) is 11.0 Å². The number of hydrogen-bond acceptors (Lipinski definition) is 4. The molecule has 0 fully saturated rings. The van der Waals surface area contributed by atoms with E-state index in [4.69, 9.17) is 21.4 Å². The van der Waals surface area contributed by atoms with Crippen LogP contribution >= 0.6 is 11.6 Å². The normalized spacial score (nSPS) is 10.9. The zero-order valence-electron chi connectivity index (χ0n) is 19.0. The van der Waals surface area contributed by atoms with Crippen LogP contribution in [0.5, 0.6) is 5.75 Å². The number of nitrogens with zero attached hydrogens (tertiary/aromatic N) is 2. The number of carboxylic acids is 1. The van der Waals surface area contributed by atoms with Crippen LogP contribution in [-0.4, -0.2) is 29.7 Å². The van der Waals surface area contributed by atoms with E-state index in [1.54, 1.807) is 30.3 Å². The van der Waals surface area contributed by atoms with E-state index in [-0.39, 0.29) is 18.6 Å². The SMILES string of the molecule is CC#Cc1cc(C(F)(F)F)ncc1-c1cc(N(C)c2ccccc2OCCCC(=O)O)ccc1Cl. The maximum atomic E-state index is 13.2. The van der Waals surface area contributed by atoms with Crippen molar-refractivity contribution in [3.63, 3.8) is 0 Å². The number of ether oxygens (including phenoxy) is 1. The minimum Gasteiger partial charge on any atom is -0.491 e. The number of alkyl halides is 3. The van der Waals surface area contributed by atoms with Gasteiger partial charge in [-0.2, -0.15) is 13.2 Å². The quantitative estimate of drug-likeness (QED) is 0.271. The third-order valence-corrected chi connectivity index (χ3v) is 5.43. The summed E-state index contributed by atoms with van der Waals surface area (Å²) in [5.74, 6) is 5.03. The first-order valence-corrected chi connectivity index (χ1v) is 11.0. The lowest BCUT2D eigenvalue weighted by Gasteiger charge is -2.23. The number of aliphatic carboxylic acids is 1. The fourth-order valence-electron chi connectivity index (χ4n) is 3.39. The maximum Gasteiger partial charge on any atom is 0.433 e. The highest BCUT2D eigenvalue weighted by Gasteiger charge is 2.33. The molecular formula is C26H22ClF3N2O3. The smallest absolute Gasteiger partial charge is 0.433 e. The van der Waals surface area contributed by atoms with Crippen LogP contribution in [0.4, 0.5) is 24.5 Å². The Labute approximate surface area is 206 Å². The van der Waals surface area contributed by atoms with Crippen LogP contribution in [0.3, 0.4) is 0 Å². The van der Waals surface area contributed by atoms with Crippen molar-refractivity contribution in [2.75, 3.05) is 18.6 Å². The summed E-state index contributed by atoms with van der Waals surface area (Å²) < 4.78 is 45.3. The van der Waals surface area contributed by atoms with E-state index in [9.17, 15) is 18.0 Å². The summed E-state index contributed by atoms with van der Waals surface area (Å²) in [5.41, 5.74) is 1.41. The minimum absolute atomic E-state index is 0.00268. The molecule has 1 N–H and O–H groups in total. The highest BCUT2D eigenvalue weighted by Crippen LogP contribution is 2.39. The van der Waals surface area contributed by atoms with Crippen molar-refractivity contribution < 1.29 is 27.8 Å². The van der Waals surface area contributed by atoms with Gasteiger partial charge in [0.05, 0.1) is 12.3 Å². The highest BCUT2D eigenvalue weighted by molar-refractivity contribution is 6.33. The molecule has 9 heteroatoms. The molecule has 0 aliphatic rings. The lowest BCUT2D eigenvalue weighted by atomic mass is 10.00. The summed E-state index contributed by atoms with van der Waals surface area (Å²) in [6, 6.07) is 13.3. The van der Waals surface area contributed by atoms with Crippen molar-refractivity contribution in [3.8, 4) is 28.7 Å². The van der Waals surface area contributed by atoms with E-state index in [1.807, 2.05) is 24.1 Å². The van der Waals surface area contributed by atoms with Crippen LogP contribution < -0.4 is 9.64 Å². The summed E-state index contributed by atoms with van der Waals surface area (Å²) in [7, 11) is 1.81. The molecule has 0 aliphatic heterocycles. The molecule has 35 heavy (non-hydrogen) atoms. The second kappa shape index (κ2) is 11.2. The van der Waals surface area contributed by atoms with Gasteiger partial charge in [-0.3, -0.25) is 9.78 Å². The van der Waals surface area contributed by atoms with Crippen LogP contribution in [0.15, 0.2) is 54.7 Å². The van der Waals surface area contributed by atoms with E-state index in [2.05, 4.69) is 16.8 Å². The lowest BCUT2D eigenvalue weighted by Crippen LogP contribution is -2.12. The molecule has 1 heterocycles. The molecule has 0 saturated heterocycles. The van der Waals surface area contributed by atoms with Gasteiger partial charge in [0.2, 0.25) is 0 Å². The summed E-state index contributed by atoms with van der Waals surface area (Å²) in [4.78, 5) is 16.2. The number of aromatic nitrogens is 1. The number of halogens is 4. The second-order valence-electron chi connectivity index (χ2n) is 7.52. The van der Waals surface area contributed by atoms with Crippen molar-refractivity contribution in [2.24, 2.45) is 0 Å². The van der Waals surface area contributed by atoms with Crippen molar-refractivity contribution in [1.82, 2.24) is 4.98 Å². The molecule has 0 unspecified atom stereocenters. The Morgan fingerprint density at radius 1 is 1.17 bits per heavy atom. The highest BCUT2D eigenvalue weighted by atomic mass is 35.5. The molecule has 3 aromatic rings. The van der Waals surface area contributed by atoms with Gasteiger partial charge < -0.3 is 14.7 Å². The number of carbonyl (C=O) groups is 1. The number of para-hydroxylation sites is 2. The van der Waals surface area contributed by atoms with Crippen molar-refractivity contribution in [2.45, 2.75) is 25.9 Å². The van der Waals surface area contributed by atoms with Gasteiger partial charge >= 0.3 is 12.1 Å². The molecule has 0 atom stereocenters. The molecule has 0 aliphatic carbocycles. The predicted octanol–water partition coefficient (Wildman–Crippen LogP) is 6.80. The Morgan fingerprint density at radius 3 is 2.60 bits per heavy atom. The number of benzene rings is 2. The van der Waals surface area contributed by atoms with Gasteiger partial charge in [-0.1, -0.05) is 29.7 Å². The summed E-state index contributed by atoms with van der Waals surface area (Å²) in [6.07, 6.45) is -3.10. The molecular weight excluding hydrogens is 481 g/mol. The Morgan fingerprint density at radius 2 is 1.91 bits per heavy atom. The molecule has 0 saturated carbocycles. The van der Waals surface area contributed by atoms with Gasteiger partial charge in [0.15, 0.2) is 0 Å². The first-order chi connectivity index (χ1) is 16.6. The van der Waals surface area contributed by atoms with Crippen LogP contribution in [0.25, 0.3) is 11.1 Å². The second-order valence-corrected chi connectivity index (χ2v) is 7.93. The Kier molecular flexibility index (Phi) is 8.26. The minimum atomic E-state index is -4.59. The number of carboxylic acid groups (broad SMARTS) is 1. The van der Waals surface area contributed by atoms with Crippen molar-refractivity contribution >= 4 is 28.9 Å². The summed E-state index contributed by atoms with van der Waals surface area (Å²) >= 11 is 6.44. The third-order valence-electron chi connectivity index (χ3n) is 5.10. The maximum absolute atomic E-state index is 13.2. The van der Waals surface area contributed by atoms with E-state index in [1.165, 1.54) is 6.92 Å². The zero-order chi connectivity index (χ0) is 25.6. The number of pyridine rings is 1. The third kappa shape index (κ3) is 6.46. The molecule has 0 amide bonds. The summed E-state index contributed by atoms with van der Waals surface area (Å²) in [5, 5.41) is 9.14. The largest absolute Gasteiger partial charge is 0.491 e. The predicted molar refractivity (Wildman–Crippen MR) is 129 cm³/mol. The number of hydrogen-bond donors (Lipinski definition) is 1. The number of anilines is 2. The van der Waals surface area contributed by atoms with Gasteiger partial charge in [-0.05, 0) is 49.7 Å². The molecule has 5 nitrogen and oxygen atoms in total. The van der Waals surface area contributed by atoms with Crippen LogP contribution in [0.2, 0.25) is 5.02 Å². The molecule has 2 aromatic carbocycles. The lowest BCUT2D eigenvalue weighted by molar-refractivity contribution is -0.141. The van der Waals surface area contributed by atoms with E-state index >= 15 is 0 Å². The molecule has 3 rings (SSSR count). The van der Waals surface area contributed by atoms with Crippen molar-refractivity contribution in [3.05, 3.63) is 71.0 Å². The number of rotatable bonds is 8. The van der Waals surface area contributed by atoms with Crippen LogP contribution in [0.1, 0.15) is 31.0 Å². The van der Waals surface area contributed by atoms with Crippen molar-refractivity contribution in [1.29, 1.82) is 0 Å². The van der Waals surface area contributed by atoms with E-state index in [0.717, 1.165) is 18.0 Å². The first-order valence-electron chi connectivity index (χ1n) is 10.6. The van der Waals surface area contributed by atoms with Gasteiger partial charge in [-0.25, -0.2) is 0 Å². The van der Waals surface area contributed by atoms with E-state index < -0.39 is 17.8 Å². The molecule has 0 spiro atoms. The Hall–Kier alpha value is -3.70. The zero-order valence-corrected chi connectivity index (χ0v) is 19.7. The first kappa shape index (κ1) is 25.9. The average Bonchev–Trinajstić information content (AvgIpc) is 2.81. The topological polar surface area (TPSA) is 62.7 Å². The van der Waals surface area contributed by atoms with Gasteiger partial charge in [0.25, 0.3) is 0 Å². The molecule has 182 valence electrons. The molecule has 0 bridgehead atoms. The fraction of sp³-hybridized carbons (Fsp3) is 0.231. The van der Waals surface area contributed by atoms with E-state index in [0.29, 0.717) is 34.0 Å². The van der Waals surface area contributed by atoms with Gasteiger partial charge in [0.1, 0.15) is 11.4 Å². The summed E-state index contributed by atoms with van der Waals surface area (Å²) in [6.45, 7) is 1.77. The average molecular weight is 503 g/mol. The van der Waals surface area contributed by atoms with Gasteiger partial charge in [-0.15, -0.1) is 5.92 Å². The van der Waals surface area contributed by atoms with Crippen LogP contribution in [0, 0.1) is 11.8 Å². The van der Waals surface area contributed by atoms with Gasteiger partial charge in [0, 0.05) is 47.1 Å². The Bertz CT molecular complexity index is 1280. The fourth-order valence-corrected chi connectivity index (χ4v) is 3.61. The monoisotopic (exact) mass is 502 g/mol. The molecule has 1 aromatic heterocycles. The Balaban J connectivity index is 1.98.